The summed E-state index contributed by atoms with van der Waals surface area (Å²) in [4.78, 5) is 11.6. The molecule has 1 aromatic carbocycles. The molecule has 0 aliphatic heterocycles. The zero-order valence-corrected chi connectivity index (χ0v) is 9.60. The van der Waals surface area contributed by atoms with Gasteiger partial charge in [-0.25, -0.2) is 0 Å². The Hall–Kier alpha value is -1.41. The first-order valence-electron chi connectivity index (χ1n) is 5.69. The maximum absolute atomic E-state index is 11.6. The van der Waals surface area contributed by atoms with E-state index in [1.165, 1.54) is 6.08 Å². The molecule has 1 unspecified atom stereocenters. The van der Waals surface area contributed by atoms with Gasteiger partial charge in [-0.3, -0.25) is 4.79 Å². The highest BCUT2D eigenvalue weighted by molar-refractivity contribution is 6.04. The van der Waals surface area contributed by atoms with Crippen LogP contribution in [0.3, 0.4) is 0 Å². The van der Waals surface area contributed by atoms with Crippen molar-refractivity contribution in [2.24, 2.45) is 0 Å². The number of ketones is 1. The van der Waals surface area contributed by atoms with Crippen LogP contribution in [-0.4, -0.2) is 17.0 Å². The number of benzene rings is 1. The maximum atomic E-state index is 11.6. The maximum Gasteiger partial charge on any atom is 0.185 e. The number of aliphatic hydroxyl groups is 1. The fraction of sp³-hybridized carbons (Fsp3) is 0.357. The average Bonchev–Trinajstić information content (AvgIpc) is 2.34. The SMILES string of the molecule is CCCCC(O)/C=C/C(=O)c1ccccc1. The molecule has 86 valence electrons. The Balaban J connectivity index is 2.48. The highest BCUT2D eigenvalue weighted by Gasteiger charge is 2.02. The summed E-state index contributed by atoms with van der Waals surface area (Å²) in [7, 11) is 0. The third kappa shape index (κ3) is 4.41. The monoisotopic (exact) mass is 218 g/mol. The molecule has 0 saturated carbocycles. The number of carbonyl (C=O) groups excluding carboxylic acids is 1. The summed E-state index contributed by atoms with van der Waals surface area (Å²) in [5.74, 6) is -0.0591. The van der Waals surface area contributed by atoms with Crippen molar-refractivity contribution in [3.8, 4) is 0 Å². The van der Waals surface area contributed by atoms with Gasteiger partial charge in [-0.05, 0) is 12.5 Å². The molecule has 0 aliphatic carbocycles. The number of allylic oxidation sites excluding steroid dienone is 1. The number of aliphatic hydroxyl groups excluding tert-OH is 1. The lowest BCUT2D eigenvalue weighted by molar-refractivity contribution is 0.104. The molecule has 2 nitrogen and oxygen atoms in total. The summed E-state index contributed by atoms with van der Waals surface area (Å²) in [5, 5.41) is 9.54. The van der Waals surface area contributed by atoms with Gasteiger partial charge in [0, 0.05) is 5.56 Å². The molecule has 2 heteroatoms. The van der Waals surface area contributed by atoms with E-state index in [4.69, 9.17) is 0 Å². The molecule has 0 bridgehead atoms. The molecule has 1 atom stereocenters. The Labute approximate surface area is 96.6 Å². The molecule has 0 spiro atoms. The van der Waals surface area contributed by atoms with Gasteiger partial charge >= 0.3 is 0 Å². The summed E-state index contributed by atoms with van der Waals surface area (Å²) < 4.78 is 0. The van der Waals surface area contributed by atoms with E-state index in [-0.39, 0.29) is 5.78 Å². The van der Waals surface area contributed by atoms with Crippen LogP contribution in [0.1, 0.15) is 36.5 Å². The lowest BCUT2D eigenvalue weighted by atomic mass is 10.1. The Bertz CT molecular complexity index is 341. The van der Waals surface area contributed by atoms with E-state index in [1.807, 2.05) is 18.2 Å². The first-order chi connectivity index (χ1) is 7.74. The van der Waals surface area contributed by atoms with E-state index in [2.05, 4.69) is 6.92 Å². The largest absolute Gasteiger partial charge is 0.389 e. The zero-order valence-electron chi connectivity index (χ0n) is 9.60. The highest BCUT2D eigenvalue weighted by atomic mass is 16.3. The fourth-order valence-electron chi connectivity index (χ4n) is 1.41. The van der Waals surface area contributed by atoms with Crippen molar-refractivity contribution >= 4 is 5.78 Å². The van der Waals surface area contributed by atoms with Crippen LogP contribution in [-0.2, 0) is 0 Å². The van der Waals surface area contributed by atoms with E-state index >= 15 is 0 Å². The van der Waals surface area contributed by atoms with E-state index in [0.717, 1.165) is 19.3 Å². The van der Waals surface area contributed by atoms with Crippen molar-refractivity contribution in [1.29, 1.82) is 0 Å². The molecule has 0 saturated heterocycles. The van der Waals surface area contributed by atoms with Crippen LogP contribution in [0, 0.1) is 0 Å². The average molecular weight is 218 g/mol. The lowest BCUT2D eigenvalue weighted by Crippen LogP contribution is -2.03. The minimum atomic E-state index is -0.507. The molecule has 0 fully saturated rings. The molecule has 0 aliphatic rings. The van der Waals surface area contributed by atoms with E-state index < -0.39 is 6.10 Å². The third-order valence-corrected chi connectivity index (χ3v) is 2.38. The van der Waals surface area contributed by atoms with Crippen molar-refractivity contribution in [1.82, 2.24) is 0 Å². The molecule has 1 N–H and O–H groups in total. The molecular formula is C14H18O2. The van der Waals surface area contributed by atoms with Gasteiger partial charge in [0.25, 0.3) is 0 Å². The Morgan fingerprint density at radius 1 is 1.38 bits per heavy atom. The van der Waals surface area contributed by atoms with Gasteiger partial charge in [-0.2, -0.15) is 0 Å². The van der Waals surface area contributed by atoms with Crippen LogP contribution in [0.5, 0.6) is 0 Å². The van der Waals surface area contributed by atoms with Gasteiger partial charge in [0.2, 0.25) is 0 Å². The Morgan fingerprint density at radius 3 is 2.69 bits per heavy atom. The second-order valence-corrected chi connectivity index (χ2v) is 3.80. The first kappa shape index (κ1) is 12.7. The predicted octanol–water partition coefficient (Wildman–Crippen LogP) is 2.98. The fourth-order valence-corrected chi connectivity index (χ4v) is 1.41. The zero-order chi connectivity index (χ0) is 11.8. The molecule has 1 rings (SSSR count). The molecule has 0 heterocycles. The van der Waals surface area contributed by atoms with Gasteiger partial charge in [-0.15, -0.1) is 0 Å². The Kier molecular flexibility index (Phi) is 5.51. The van der Waals surface area contributed by atoms with Gasteiger partial charge in [-0.1, -0.05) is 56.2 Å². The van der Waals surface area contributed by atoms with E-state index in [9.17, 15) is 9.90 Å². The molecular weight excluding hydrogens is 200 g/mol. The summed E-state index contributed by atoms with van der Waals surface area (Å²) in [6.45, 7) is 2.07. The van der Waals surface area contributed by atoms with E-state index in [0.29, 0.717) is 5.56 Å². The van der Waals surface area contributed by atoms with Crippen LogP contribution >= 0.6 is 0 Å². The minimum Gasteiger partial charge on any atom is -0.389 e. The van der Waals surface area contributed by atoms with Gasteiger partial charge < -0.3 is 5.11 Å². The van der Waals surface area contributed by atoms with Gasteiger partial charge in [0.15, 0.2) is 5.78 Å². The summed E-state index contributed by atoms with van der Waals surface area (Å²) in [6.07, 6.45) is 5.27. The smallest absolute Gasteiger partial charge is 0.185 e. The Morgan fingerprint density at radius 2 is 2.06 bits per heavy atom. The standard InChI is InChI=1S/C14H18O2/c1-2-3-9-13(15)10-11-14(16)12-7-5-4-6-8-12/h4-8,10-11,13,15H,2-3,9H2,1H3/b11-10+. The van der Waals surface area contributed by atoms with Crippen molar-refractivity contribution < 1.29 is 9.90 Å². The summed E-state index contributed by atoms with van der Waals surface area (Å²) in [6, 6.07) is 9.07. The molecule has 0 amide bonds. The number of hydrogen-bond acceptors (Lipinski definition) is 2. The van der Waals surface area contributed by atoms with Crippen LogP contribution in [0.4, 0.5) is 0 Å². The number of carbonyl (C=O) groups is 1. The van der Waals surface area contributed by atoms with Crippen molar-refractivity contribution in [3.63, 3.8) is 0 Å². The quantitative estimate of drug-likeness (QED) is 0.588. The topological polar surface area (TPSA) is 37.3 Å². The summed E-state index contributed by atoms with van der Waals surface area (Å²) in [5.41, 5.74) is 0.654. The molecule has 0 aromatic heterocycles. The lowest BCUT2D eigenvalue weighted by Gasteiger charge is -2.02. The molecule has 1 aromatic rings. The number of hydrogen-bond donors (Lipinski definition) is 1. The van der Waals surface area contributed by atoms with Crippen LogP contribution in [0.15, 0.2) is 42.5 Å². The van der Waals surface area contributed by atoms with Gasteiger partial charge in [0.05, 0.1) is 6.10 Å². The van der Waals surface area contributed by atoms with Crippen LogP contribution < -0.4 is 0 Å². The summed E-state index contributed by atoms with van der Waals surface area (Å²) >= 11 is 0. The van der Waals surface area contributed by atoms with Crippen molar-refractivity contribution in [2.75, 3.05) is 0 Å². The van der Waals surface area contributed by atoms with Gasteiger partial charge in [0.1, 0.15) is 0 Å². The van der Waals surface area contributed by atoms with Crippen molar-refractivity contribution in [3.05, 3.63) is 48.0 Å². The van der Waals surface area contributed by atoms with Crippen LogP contribution in [0.2, 0.25) is 0 Å². The third-order valence-electron chi connectivity index (χ3n) is 2.38. The minimum absolute atomic E-state index is 0.0591. The molecule has 0 radical (unpaired) electrons. The first-order valence-corrected chi connectivity index (χ1v) is 5.69. The van der Waals surface area contributed by atoms with E-state index in [1.54, 1.807) is 18.2 Å². The second kappa shape index (κ2) is 6.96. The normalized spacial score (nSPS) is 12.9. The molecule has 16 heavy (non-hydrogen) atoms. The predicted molar refractivity (Wildman–Crippen MR) is 65.4 cm³/mol. The second-order valence-electron chi connectivity index (χ2n) is 3.80. The van der Waals surface area contributed by atoms with Crippen molar-refractivity contribution in [2.45, 2.75) is 32.3 Å². The van der Waals surface area contributed by atoms with Crippen LogP contribution in [0.25, 0.3) is 0 Å². The number of unbranched alkanes of at least 4 members (excludes halogenated alkanes) is 1. The number of rotatable bonds is 6. The highest BCUT2D eigenvalue weighted by Crippen LogP contribution is 2.04.